The molecule has 0 aromatic heterocycles. The molecule has 2 aliphatic rings. The predicted molar refractivity (Wildman–Crippen MR) is 89.6 cm³/mol. The summed E-state index contributed by atoms with van der Waals surface area (Å²) in [5.74, 6) is 4.18. The van der Waals surface area contributed by atoms with E-state index in [1.54, 1.807) is 20.8 Å². The van der Waals surface area contributed by atoms with Crippen LogP contribution in [0.2, 0.25) is 0 Å². The largest absolute Gasteiger partial charge is 0.459 e. The molecule has 1 saturated heterocycles. The van der Waals surface area contributed by atoms with Gasteiger partial charge in [0.05, 0.1) is 0 Å². The zero-order valence-electron chi connectivity index (χ0n) is 15.3. The van der Waals surface area contributed by atoms with Crippen molar-refractivity contribution >= 4 is 5.97 Å². The summed E-state index contributed by atoms with van der Waals surface area (Å²) in [6.07, 6.45) is -8.46. The first-order chi connectivity index (χ1) is 11.8. The molecule has 0 unspecified atom stereocenters. The van der Waals surface area contributed by atoms with Crippen molar-refractivity contribution in [3.05, 3.63) is 12.2 Å². The summed E-state index contributed by atoms with van der Waals surface area (Å²) in [7, 11) is 0. The molecule has 2 fully saturated rings. The van der Waals surface area contributed by atoms with Gasteiger partial charge in [0.1, 0.15) is 41.7 Å². The van der Waals surface area contributed by atoms with E-state index in [9.17, 15) is 30.3 Å². The molecular formula is C18H26O8. The van der Waals surface area contributed by atoms with Gasteiger partial charge in [0, 0.05) is 13.3 Å². The monoisotopic (exact) mass is 370 g/mol. The van der Waals surface area contributed by atoms with Crippen LogP contribution in [0.15, 0.2) is 12.2 Å². The Morgan fingerprint density at radius 2 is 1.73 bits per heavy atom. The number of hydrogen-bond acceptors (Lipinski definition) is 8. The summed E-state index contributed by atoms with van der Waals surface area (Å²) in [4.78, 5) is 11.3. The van der Waals surface area contributed by atoms with E-state index in [-0.39, 0.29) is 6.42 Å². The Labute approximate surface area is 152 Å². The second-order valence-corrected chi connectivity index (χ2v) is 7.63. The maximum Gasteiger partial charge on any atom is 0.303 e. The van der Waals surface area contributed by atoms with E-state index in [0.29, 0.717) is 5.57 Å². The van der Waals surface area contributed by atoms with Crippen LogP contribution in [0.25, 0.3) is 0 Å². The molecule has 1 saturated carbocycles. The minimum absolute atomic E-state index is 0.302. The third kappa shape index (κ3) is 3.27. The lowest BCUT2D eigenvalue weighted by molar-refractivity contribution is -0.349. The van der Waals surface area contributed by atoms with Crippen molar-refractivity contribution in [1.82, 2.24) is 0 Å². The SMILES string of the molecule is C=C(C)C#C[C@@]1(O)[C@@H](O)[C@H](O)[C@]2(O)C[C@@H](OC(C)=O)C(C)(C)O[C@H]2[C@@H]1O. The van der Waals surface area contributed by atoms with Gasteiger partial charge in [-0.1, -0.05) is 18.4 Å². The Balaban J connectivity index is 2.47. The molecule has 0 amide bonds. The summed E-state index contributed by atoms with van der Waals surface area (Å²) in [6.45, 7) is 9.49. The van der Waals surface area contributed by atoms with E-state index in [4.69, 9.17) is 9.47 Å². The second-order valence-electron chi connectivity index (χ2n) is 7.63. The van der Waals surface area contributed by atoms with E-state index in [1.165, 1.54) is 6.92 Å². The van der Waals surface area contributed by atoms with Gasteiger partial charge in [-0.25, -0.2) is 0 Å². The molecule has 1 aliphatic heterocycles. The number of aliphatic hydroxyl groups excluding tert-OH is 3. The lowest BCUT2D eigenvalue weighted by Crippen LogP contribution is -2.80. The van der Waals surface area contributed by atoms with Gasteiger partial charge in [-0.15, -0.1) is 0 Å². The van der Waals surface area contributed by atoms with Crippen LogP contribution < -0.4 is 0 Å². The Bertz CT molecular complexity index is 662. The highest BCUT2D eigenvalue weighted by Gasteiger charge is 2.69. The number of allylic oxidation sites excluding steroid dienone is 1. The fourth-order valence-corrected chi connectivity index (χ4v) is 3.45. The average molecular weight is 370 g/mol. The number of aliphatic hydroxyl groups is 5. The number of ether oxygens (including phenoxy) is 2. The van der Waals surface area contributed by atoms with Crippen molar-refractivity contribution in [2.24, 2.45) is 0 Å². The van der Waals surface area contributed by atoms with Gasteiger partial charge in [0.15, 0.2) is 5.60 Å². The van der Waals surface area contributed by atoms with Crippen molar-refractivity contribution in [1.29, 1.82) is 0 Å². The van der Waals surface area contributed by atoms with Crippen LogP contribution in [0.4, 0.5) is 0 Å². The summed E-state index contributed by atoms with van der Waals surface area (Å²) in [5, 5.41) is 53.2. The normalized spacial score (nSPS) is 44.3. The molecule has 146 valence electrons. The molecule has 0 radical (unpaired) electrons. The molecule has 0 aromatic rings. The molecule has 8 heteroatoms. The van der Waals surface area contributed by atoms with Crippen LogP contribution in [0.1, 0.15) is 34.1 Å². The summed E-state index contributed by atoms with van der Waals surface area (Å²) < 4.78 is 10.9. The number of esters is 1. The number of fused-ring (bicyclic) bond motifs is 1. The van der Waals surface area contributed by atoms with Crippen LogP contribution >= 0.6 is 0 Å². The van der Waals surface area contributed by atoms with Crippen molar-refractivity contribution in [3.63, 3.8) is 0 Å². The van der Waals surface area contributed by atoms with Gasteiger partial charge >= 0.3 is 5.97 Å². The van der Waals surface area contributed by atoms with E-state index < -0.39 is 53.3 Å². The van der Waals surface area contributed by atoms with Gasteiger partial charge in [0.25, 0.3) is 0 Å². The minimum atomic E-state index is -2.44. The van der Waals surface area contributed by atoms with E-state index in [0.717, 1.165) is 0 Å². The first kappa shape index (κ1) is 20.8. The highest BCUT2D eigenvalue weighted by Crippen LogP contribution is 2.47. The average Bonchev–Trinajstić information content (AvgIpc) is 2.52. The second kappa shape index (κ2) is 6.60. The van der Waals surface area contributed by atoms with Gasteiger partial charge < -0.3 is 35.0 Å². The summed E-state index contributed by atoms with van der Waals surface area (Å²) >= 11 is 0. The third-order valence-corrected chi connectivity index (χ3v) is 5.00. The van der Waals surface area contributed by atoms with Crippen molar-refractivity contribution < 1.29 is 39.8 Å². The maximum absolute atomic E-state index is 11.3. The summed E-state index contributed by atoms with van der Waals surface area (Å²) in [6, 6.07) is 0. The maximum atomic E-state index is 11.3. The van der Waals surface area contributed by atoms with Crippen LogP contribution in [0.5, 0.6) is 0 Å². The van der Waals surface area contributed by atoms with Crippen LogP contribution in [0, 0.1) is 11.8 Å². The first-order valence-electron chi connectivity index (χ1n) is 8.28. The van der Waals surface area contributed by atoms with E-state index in [2.05, 4.69) is 18.4 Å². The zero-order chi connectivity index (χ0) is 20.1. The lowest BCUT2D eigenvalue weighted by atomic mass is 9.64. The quantitative estimate of drug-likeness (QED) is 0.281. The Morgan fingerprint density at radius 1 is 1.15 bits per heavy atom. The van der Waals surface area contributed by atoms with Crippen molar-refractivity contribution in [3.8, 4) is 11.8 Å². The highest BCUT2D eigenvalue weighted by atomic mass is 16.6. The van der Waals surface area contributed by atoms with Gasteiger partial charge in [-0.2, -0.15) is 0 Å². The Morgan fingerprint density at radius 3 is 2.23 bits per heavy atom. The molecular weight excluding hydrogens is 344 g/mol. The number of hydrogen-bond donors (Lipinski definition) is 5. The van der Waals surface area contributed by atoms with Gasteiger partial charge in [-0.05, 0) is 26.3 Å². The van der Waals surface area contributed by atoms with Gasteiger partial charge in [0.2, 0.25) is 0 Å². The Kier molecular flexibility index (Phi) is 5.29. The summed E-state index contributed by atoms with van der Waals surface area (Å²) in [5.41, 5.74) is -5.37. The smallest absolute Gasteiger partial charge is 0.303 e. The van der Waals surface area contributed by atoms with Crippen molar-refractivity contribution in [2.75, 3.05) is 0 Å². The minimum Gasteiger partial charge on any atom is -0.459 e. The van der Waals surface area contributed by atoms with Gasteiger partial charge in [-0.3, -0.25) is 4.79 Å². The zero-order valence-corrected chi connectivity index (χ0v) is 15.3. The lowest BCUT2D eigenvalue weighted by Gasteiger charge is -2.58. The Hall–Kier alpha value is -1.47. The third-order valence-electron chi connectivity index (χ3n) is 5.00. The fraction of sp³-hybridized carbons (Fsp3) is 0.722. The standard InChI is InChI=1S/C18H26O8/c1-9(2)6-7-17(23)12(20)13(21)18(24)8-11(25-10(3)19)16(4,5)26-15(18)14(17)22/h11-15,20-24H,1,8H2,2-5H3/t11-,12+,13+,14+,15+,17-,18-/m1/s1. The molecule has 26 heavy (non-hydrogen) atoms. The van der Waals surface area contributed by atoms with Crippen molar-refractivity contribution in [2.45, 2.75) is 81.4 Å². The number of rotatable bonds is 1. The molecule has 0 aromatic carbocycles. The first-order valence-corrected chi connectivity index (χ1v) is 8.28. The molecule has 0 bridgehead atoms. The molecule has 7 atom stereocenters. The van der Waals surface area contributed by atoms with Crippen LogP contribution in [0.3, 0.4) is 0 Å². The van der Waals surface area contributed by atoms with E-state index >= 15 is 0 Å². The predicted octanol–water partition coefficient (Wildman–Crippen LogP) is -1.38. The molecule has 0 spiro atoms. The molecule has 5 N–H and O–H groups in total. The van der Waals surface area contributed by atoms with Crippen LogP contribution in [-0.2, 0) is 14.3 Å². The molecule has 1 aliphatic carbocycles. The fourth-order valence-electron chi connectivity index (χ4n) is 3.45. The van der Waals surface area contributed by atoms with E-state index in [1.807, 2.05) is 0 Å². The van der Waals surface area contributed by atoms with Crippen LogP contribution in [-0.4, -0.2) is 78.8 Å². The topological polar surface area (TPSA) is 137 Å². The number of carbonyl (C=O) groups is 1. The molecule has 1 heterocycles. The molecule has 8 nitrogen and oxygen atoms in total. The molecule has 2 rings (SSSR count). The highest BCUT2D eigenvalue weighted by molar-refractivity contribution is 5.66. The number of carbonyl (C=O) groups excluding carboxylic acids is 1.